The summed E-state index contributed by atoms with van der Waals surface area (Å²) in [6, 6.07) is 33.7. The summed E-state index contributed by atoms with van der Waals surface area (Å²) >= 11 is 3.64. The lowest BCUT2D eigenvalue weighted by molar-refractivity contribution is -0.137. The standard InChI is InChI=1S/C49H54BrN9O6/c50-38-18-9-17-36-29-49(23-22-37(36)38,59-43(61)28-32-13-5-2-6-14-32)47(65)58-41(26-31-11-3-1-4-12-31)46(64)56-39(19-10-24-54-48(52)53)45(63)57-40(44(62)55-30-42(51)60)27-33-20-21-34-15-7-8-16-35(34)25-33/h1-9,11-18,20-21,25,39-41H,10,19,22-24,26-30H2,(H2,51,60)(H,55,62)(H,56,64)(H,57,63)(H,58,65)(H,59,61)(H4,52,53,54)/t39-,40-,41+,49?/m0/s1. The summed E-state index contributed by atoms with van der Waals surface area (Å²) in [4.78, 5) is 86.9. The molecule has 1 unspecified atom stereocenters. The number of aliphatic imine (C=N–C) groups is 1. The number of benzene rings is 5. The number of rotatable bonds is 20. The van der Waals surface area contributed by atoms with E-state index in [-0.39, 0.29) is 63.4 Å². The van der Waals surface area contributed by atoms with Gasteiger partial charge in [0.1, 0.15) is 23.7 Å². The van der Waals surface area contributed by atoms with Gasteiger partial charge >= 0.3 is 0 Å². The topological polar surface area (TPSA) is 253 Å². The van der Waals surface area contributed by atoms with E-state index in [1.807, 2.05) is 121 Å². The Kier molecular flexibility index (Phi) is 16.4. The van der Waals surface area contributed by atoms with Gasteiger partial charge in [0.2, 0.25) is 35.4 Å². The first-order valence-corrected chi connectivity index (χ1v) is 22.2. The van der Waals surface area contributed by atoms with E-state index in [4.69, 9.17) is 17.2 Å². The third kappa shape index (κ3) is 13.5. The second-order valence-electron chi connectivity index (χ2n) is 16.2. The molecule has 0 saturated carbocycles. The summed E-state index contributed by atoms with van der Waals surface area (Å²) in [6.45, 7) is -0.325. The minimum Gasteiger partial charge on any atom is -0.370 e. The molecule has 5 aromatic carbocycles. The number of nitrogens with one attached hydrogen (secondary N) is 5. The Balaban J connectivity index is 1.28. The maximum Gasteiger partial charge on any atom is 0.246 e. The van der Waals surface area contributed by atoms with Crippen LogP contribution in [0.5, 0.6) is 0 Å². The van der Waals surface area contributed by atoms with E-state index in [0.717, 1.165) is 43.1 Å². The van der Waals surface area contributed by atoms with Crippen molar-refractivity contribution >= 4 is 68.1 Å². The molecule has 338 valence electrons. The first-order chi connectivity index (χ1) is 31.3. The van der Waals surface area contributed by atoms with E-state index >= 15 is 0 Å². The molecule has 0 aliphatic heterocycles. The van der Waals surface area contributed by atoms with E-state index in [9.17, 15) is 28.8 Å². The van der Waals surface area contributed by atoms with Gasteiger partial charge in [0.25, 0.3) is 0 Å². The Morgan fingerprint density at radius 3 is 2.00 bits per heavy atom. The monoisotopic (exact) mass is 943 g/mol. The third-order valence-corrected chi connectivity index (χ3v) is 12.1. The van der Waals surface area contributed by atoms with Crippen molar-refractivity contribution in [3.63, 3.8) is 0 Å². The van der Waals surface area contributed by atoms with E-state index < -0.39 is 59.7 Å². The molecule has 0 aromatic heterocycles. The second-order valence-corrected chi connectivity index (χ2v) is 17.1. The Hall–Kier alpha value is -7.07. The molecular formula is C49H54BrN9O6. The van der Waals surface area contributed by atoms with E-state index in [0.29, 0.717) is 6.42 Å². The molecule has 1 aliphatic rings. The summed E-state index contributed by atoms with van der Waals surface area (Å²) < 4.78 is 0.898. The number of nitrogens with zero attached hydrogens (tertiary/aromatic N) is 1. The van der Waals surface area contributed by atoms with Gasteiger partial charge in [-0.25, -0.2) is 0 Å². The fourth-order valence-electron chi connectivity index (χ4n) is 8.03. The molecule has 6 amide bonds. The summed E-state index contributed by atoms with van der Waals surface area (Å²) in [6.07, 6.45) is 1.29. The number of carbonyl (C=O) groups is 6. The number of primary amides is 1. The fourth-order valence-corrected chi connectivity index (χ4v) is 8.64. The minimum absolute atomic E-state index is 0.0359. The summed E-state index contributed by atoms with van der Waals surface area (Å²) in [5.41, 5.74) is 19.2. The van der Waals surface area contributed by atoms with Gasteiger partial charge in [0.05, 0.1) is 13.0 Å². The molecule has 16 heteroatoms. The highest BCUT2D eigenvalue weighted by molar-refractivity contribution is 9.10. The Bertz CT molecular complexity index is 2540. The number of fused-ring (bicyclic) bond motifs is 2. The number of hydrogen-bond acceptors (Lipinski definition) is 7. The lowest BCUT2D eigenvalue weighted by Crippen LogP contribution is -2.65. The van der Waals surface area contributed by atoms with E-state index in [1.165, 1.54) is 0 Å². The average Bonchev–Trinajstić information content (AvgIpc) is 3.29. The normalized spacial score (nSPS) is 15.5. The van der Waals surface area contributed by atoms with Crippen LogP contribution in [0.3, 0.4) is 0 Å². The van der Waals surface area contributed by atoms with Crippen LogP contribution in [0.4, 0.5) is 0 Å². The maximum absolute atomic E-state index is 14.9. The lowest BCUT2D eigenvalue weighted by atomic mass is 9.76. The molecule has 0 spiro atoms. The van der Waals surface area contributed by atoms with Crippen molar-refractivity contribution in [2.75, 3.05) is 13.1 Å². The minimum atomic E-state index is -1.43. The summed E-state index contributed by atoms with van der Waals surface area (Å²) in [5, 5.41) is 16.1. The van der Waals surface area contributed by atoms with Crippen LogP contribution in [0, 0.1) is 0 Å². The zero-order valence-electron chi connectivity index (χ0n) is 35.9. The number of halogens is 1. The van der Waals surface area contributed by atoms with Crippen LogP contribution in [0.1, 0.15) is 47.1 Å². The van der Waals surface area contributed by atoms with Crippen LogP contribution in [0.25, 0.3) is 10.8 Å². The highest BCUT2D eigenvalue weighted by atomic mass is 79.9. The quantitative estimate of drug-likeness (QED) is 0.0327. The Labute approximate surface area is 385 Å². The lowest BCUT2D eigenvalue weighted by Gasteiger charge is -2.39. The van der Waals surface area contributed by atoms with Crippen molar-refractivity contribution in [3.05, 3.63) is 154 Å². The number of hydrogen-bond donors (Lipinski definition) is 8. The highest BCUT2D eigenvalue weighted by Gasteiger charge is 2.44. The smallest absolute Gasteiger partial charge is 0.246 e. The van der Waals surface area contributed by atoms with Crippen molar-refractivity contribution in [1.82, 2.24) is 26.6 Å². The van der Waals surface area contributed by atoms with E-state index in [1.54, 1.807) is 0 Å². The molecular weight excluding hydrogens is 890 g/mol. The number of guanidine groups is 1. The molecule has 6 rings (SSSR count). The molecule has 1 aliphatic carbocycles. The van der Waals surface area contributed by atoms with Crippen LogP contribution < -0.4 is 43.8 Å². The average molecular weight is 945 g/mol. The molecule has 0 radical (unpaired) electrons. The van der Waals surface area contributed by atoms with Crippen LogP contribution >= 0.6 is 15.9 Å². The molecule has 15 nitrogen and oxygen atoms in total. The molecule has 0 heterocycles. The van der Waals surface area contributed by atoms with Gasteiger partial charge in [0, 0.05) is 30.3 Å². The zero-order chi connectivity index (χ0) is 46.3. The SMILES string of the molecule is NC(=O)CNC(=O)[C@H](Cc1ccc2ccccc2c1)NC(=O)[C@H](CCCN=C(N)N)NC(=O)[C@@H](Cc1ccccc1)NC(=O)C1(NC(=O)Cc2ccccc2)CCc2c(Br)cccc2C1. The molecule has 11 N–H and O–H groups in total. The summed E-state index contributed by atoms with van der Waals surface area (Å²) in [5.74, 6) is -3.88. The van der Waals surface area contributed by atoms with Gasteiger partial charge in [-0.3, -0.25) is 33.8 Å². The van der Waals surface area contributed by atoms with Crippen molar-refractivity contribution in [2.45, 2.75) is 75.0 Å². The van der Waals surface area contributed by atoms with Crippen LogP contribution in [-0.4, -0.2) is 78.2 Å². The van der Waals surface area contributed by atoms with Gasteiger partial charge in [-0.15, -0.1) is 0 Å². The maximum atomic E-state index is 14.9. The third-order valence-electron chi connectivity index (χ3n) is 11.3. The van der Waals surface area contributed by atoms with Gasteiger partial charge in [-0.2, -0.15) is 0 Å². The Morgan fingerprint density at radius 1 is 0.662 bits per heavy atom. The number of nitrogens with two attached hydrogens (primary N) is 3. The van der Waals surface area contributed by atoms with Crippen molar-refractivity contribution < 1.29 is 28.8 Å². The van der Waals surface area contributed by atoms with E-state index in [2.05, 4.69) is 47.5 Å². The highest BCUT2D eigenvalue weighted by Crippen LogP contribution is 2.34. The van der Waals surface area contributed by atoms with Gasteiger partial charge in [0.15, 0.2) is 5.96 Å². The van der Waals surface area contributed by atoms with Crippen molar-refractivity contribution in [3.8, 4) is 0 Å². The molecule has 0 fully saturated rings. The number of amides is 6. The molecule has 0 saturated heterocycles. The Morgan fingerprint density at radius 2 is 1.29 bits per heavy atom. The van der Waals surface area contributed by atoms with Crippen molar-refractivity contribution in [1.29, 1.82) is 0 Å². The molecule has 5 aromatic rings. The zero-order valence-corrected chi connectivity index (χ0v) is 37.4. The van der Waals surface area contributed by atoms with Gasteiger partial charge in [-0.05, 0) is 70.3 Å². The predicted octanol–water partition coefficient (Wildman–Crippen LogP) is 2.78. The largest absolute Gasteiger partial charge is 0.370 e. The predicted molar refractivity (Wildman–Crippen MR) is 253 cm³/mol. The van der Waals surface area contributed by atoms with Gasteiger partial charge < -0.3 is 43.8 Å². The summed E-state index contributed by atoms with van der Waals surface area (Å²) in [7, 11) is 0. The number of carbonyl (C=O) groups excluding carboxylic acids is 6. The van der Waals surface area contributed by atoms with Crippen LogP contribution in [0.2, 0.25) is 0 Å². The van der Waals surface area contributed by atoms with Gasteiger partial charge in [-0.1, -0.05) is 131 Å². The molecule has 4 atom stereocenters. The second kappa shape index (κ2) is 22.5. The van der Waals surface area contributed by atoms with Crippen LogP contribution in [0.15, 0.2) is 131 Å². The molecule has 65 heavy (non-hydrogen) atoms. The molecule has 0 bridgehead atoms. The fraction of sp³-hybridized carbons (Fsp3) is 0.286. The first-order valence-electron chi connectivity index (χ1n) is 21.4. The van der Waals surface area contributed by atoms with Crippen molar-refractivity contribution in [2.24, 2.45) is 22.2 Å². The van der Waals surface area contributed by atoms with Crippen LogP contribution in [-0.2, 0) is 60.9 Å². The first kappa shape index (κ1) is 47.4.